The van der Waals surface area contributed by atoms with E-state index in [0.717, 1.165) is 9.87 Å². The summed E-state index contributed by atoms with van der Waals surface area (Å²) in [7, 11) is 0.0959. The third-order valence-electron chi connectivity index (χ3n) is 7.56. The summed E-state index contributed by atoms with van der Waals surface area (Å²) >= 11 is 0. The molecule has 12 heteroatoms. The van der Waals surface area contributed by atoms with Crippen molar-refractivity contribution in [2.45, 2.75) is 64.1 Å². The molecule has 2 amide bonds. The van der Waals surface area contributed by atoms with E-state index in [0.29, 0.717) is 36.7 Å². The lowest BCUT2D eigenvalue weighted by Crippen LogP contribution is -2.53. The topological polar surface area (TPSA) is 124 Å². The van der Waals surface area contributed by atoms with Crippen LogP contribution in [-0.2, 0) is 26.2 Å². The number of hydrogen-bond acceptors (Lipinski definition) is 8. The molecule has 0 unspecified atom stereocenters. The van der Waals surface area contributed by atoms with Crippen LogP contribution in [0.1, 0.15) is 46.1 Å². The number of sulfonamides is 1. The van der Waals surface area contributed by atoms with Gasteiger partial charge in [-0.15, -0.1) is 0 Å². The number of anilines is 1. The molecule has 0 spiro atoms. The summed E-state index contributed by atoms with van der Waals surface area (Å²) in [6, 6.07) is 16.9. The lowest BCUT2D eigenvalue weighted by molar-refractivity contribution is -0.140. The molecular weight excluding hydrogens is 610 g/mol. The van der Waals surface area contributed by atoms with Gasteiger partial charge in [0.05, 0.1) is 38.5 Å². The smallest absolute Gasteiger partial charge is 0.264 e. The number of carbonyl (C=O) groups is 2. The summed E-state index contributed by atoms with van der Waals surface area (Å²) in [5, 5.41) is 2.98. The fraction of sp³-hybridized carbons (Fsp3) is 0.412. The third kappa shape index (κ3) is 8.84. The van der Waals surface area contributed by atoms with Crippen molar-refractivity contribution in [3.63, 3.8) is 0 Å². The number of carbonyl (C=O) groups excluding carboxylic acids is 2. The van der Waals surface area contributed by atoms with Crippen molar-refractivity contribution in [1.29, 1.82) is 0 Å². The van der Waals surface area contributed by atoms with Crippen molar-refractivity contribution in [1.82, 2.24) is 10.2 Å². The molecule has 0 saturated heterocycles. The van der Waals surface area contributed by atoms with Crippen molar-refractivity contribution < 1.29 is 37.0 Å². The molecule has 3 rings (SSSR count). The average Bonchev–Trinajstić information content (AvgIpc) is 3.07. The van der Waals surface area contributed by atoms with Crippen LogP contribution in [0.2, 0.25) is 0 Å². The summed E-state index contributed by atoms with van der Waals surface area (Å²) in [5.74, 6) is 0.902. The summed E-state index contributed by atoms with van der Waals surface area (Å²) < 4.78 is 51.1. The van der Waals surface area contributed by atoms with E-state index in [4.69, 9.17) is 18.9 Å². The Kier molecular flexibility index (Phi) is 13.1. The SMILES string of the molecule is CCOc1ccc(N(CC(=O)N(Cc2ccc(OC)cc2)[C@@H](CC)C(=O)N[C@H](C)CC)S(=O)(=O)c2ccc(OC)c(OC)c2)cc1. The Bertz CT molecular complexity index is 1550. The molecule has 1 N–H and O–H groups in total. The molecule has 0 heterocycles. The van der Waals surface area contributed by atoms with E-state index >= 15 is 0 Å². The summed E-state index contributed by atoms with van der Waals surface area (Å²) in [6.45, 7) is 7.45. The lowest BCUT2D eigenvalue weighted by atomic mass is 10.1. The molecule has 0 aromatic heterocycles. The van der Waals surface area contributed by atoms with Crippen LogP contribution in [0, 0.1) is 0 Å². The van der Waals surface area contributed by atoms with Crippen molar-refractivity contribution in [2.24, 2.45) is 0 Å². The van der Waals surface area contributed by atoms with Crippen molar-refractivity contribution >= 4 is 27.5 Å². The quantitative estimate of drug-likeness (QED) is 0.215. The highest BCUT2D eigenvalue weighted by Crippen LogP contribution is 2.33. The van der Waals surface area contributed by atoms with E-state index in [-0.39, 0.29) is 34.8 Å². The fourth-order valence-corrected chi connectivity index (χ4v) is 6.23. The molecule has 250 valence electrons. The van der Waals surface area contributed by atoms with Crippen LogP contribution in [0.5, 0.6) is 23.0 Å². The van der Waals surface area contributed by atoms with Crippen LogP contribution < -0.4 is 28.6 Å². The molecule has 3 aromatic rings. The van der Waals surface area contributed by atoms with E-state index in [1.807, 2.05) is 39.8 Å². The van der Waals surface area contributed by atoms with Gasteiger partial charge in [0.15, 0.2) is 11.5 Å². The van der Waals surface area contributed by atoms with Crippen LogP contribution in [0.3, 0.4) is 0 Å². The van der Waals surface area contributed by atoms with Gasteiger partial charge < -0.3 is 29.2 Å². The van der Waals surface area contributed by atoms with Gasteiger partial charge in [-0.2, -0.15) is 0 Å². The number of ether oxygens (including phenoxy) is 4. The predicted octanol–water partition coefficient (Wildman–Crippen LogP) is 5.03. The molecule has 0 aliphatic carbocycles. The highest BCUT2D eigenvalue weighted by molar-refractivity contribution is 7.92. The molecule has 2 atom stereocenters. The Hall–Kier alpha value is -4.45. The molecule has 0 saturated carbocycles. The first-order valence-corrected chi connectivity index (χ1v) is 16.7. The van der Waals surface area contributed by atoms with Gasteiger partial charge in [-0.3, -0.25) is 13.9 Å². The maximum Gasteiger partial charge on any atom is 0.264 e. The number of benzene rings is 3. The van der Waals surface area contributed by atoms with E-state index in [2.05, 4.69) is 5.32 Å². The predicted molar refractivity (Wildman–Crippen MR) is 177 cm³/mol. The molecule has 11 nitrogen and oxygen atoms in total. The molecular formula is C34H45N3O8S. The fourth-order valence-electron chi connectivity index (χ4n) is 4.80. The number of methoxy groups -OCH3 is 3. The minimum atomic E-state index is -4.33. The largest absolute Gasteiger partial charge is 0.497 e. The maximum atomic E-state index is 14.3. The molecule has 46 heavy (non-hydrogen) atoms. The van der Waals surface area contributed by atoms with Gasteiger partial charge in [0, 0.05) is 18.7 Å². The van der Waals surface area contributed by atoms with E-state index in [1.54, 1.807) is 43.5 Å². The summed E-state index contributed by atoms with van der Waals surface area (Å²) in [5.41, 5.74) is 0.993. The highest BCUT2D eigenvalue weighted by Gasteiger charge is 2.34. The first-order chi connectivity index (χ1) is 22.0. The van der Waals surface area contributed by atoms with Gasteiger partial charge >= 0.3 is 0 Å². The van der Waals surface area contributed by atoms with Crippen LogP contribution in [-0.4, -0.2) is 71.7 Å². The van der Waals surface area contributed by atoms with Crippen molar-refractivity contribution in [2.75, 3.05) is 38.8 Å². The molecule has 3 aromatic carbocycles. The average molecular weight is 656 g/mol. The van der Waals surface area contributed by atoms with Crippen molar-refractivity contribution in [3.05, 3.63) is 72.3 Å². The summed E-state index contributed by atoms with van der Waals surface area (Å²) in [6.07, 6.45) is 1.03. The zero-order chi connectivity index (χ0) is 33.9. The Labute approximate surface area is 272 Å². The Morgan fingerprint density at radius 3 is 1.98 bits per heavy atom. The second-order valence-corrected chi connectivity index (χ2v) is 12.4. The normalized spacial score (nSPS) is 12.4. The highest BCUT2D eigenvalue weighted by atomic mass is 32.2. The van der Waals surface area contributed by atoms with Gasteiger partial charge in [0.2, 0.25) is 11.8 Å². The van der Waals surface area contributed by atoms with Gasteiger partial charge in [-0.1, -0.05) is 26.0 Å². The third-order valence-corrected chi connectivity index (χ3v) is 9.33. The van der Waals surface area contributed by atoms with Crippen LogP contribution in [0.15, 0.2) is 71.6 Å². The first kappa shape index (κ1) is 36.0. The number of rotatable bonds is 17. The van der Waals surface area contributed by atoms with Crippen LogP contribution >= 0.6 is 0 Å². The van der Waals surface area contributed by atoms with E-state index in [1.165, 1.54) is 37.3 Å². The standard InChI is InChI=1S/C34H45N3O8S/c1-8-24(4)35-34(39)30(9-2)36(22-25-11-15-27(42-5)16-12-25)33(38)23-37(26-13-17-28(18-14-26)45-10-3)46(40,41)29-19-20-31(43-6)32(21-29)44-7/h11-21,24,30H,8-10,22-23H2,1-7H3,(H,35,39)/t24-,30+/m1/s1. The number of nitrogens with zero attached hydrogens (tertiary/aromatic N) is 2. The Morgan fingerprint density at radius 2 is 1.43 bits per heavy atom. The Balaban J connectivity index is 2.11. The van der Waals surface area contributed by atoms with Gasteiger partial charge in [-0.25, -0.2) is 8.42 Å². The lowest BCUT2D eigenvalue weighted by Gasteiger charge is -2.33. The second-order valence-electron chi connectivity index (χ2n) is 10.6. The van der Waals surface area contributed by atoms with Gasteiger partial charge in [0.1, 0.15) is 24.1 Å². The molecule has 0 radical (unpaired) electrons. The van der Waals surface area contributed by atoms with Crippen LogP contribution in [0.25, 0.3) is 0 Å². The molecule has 0 fully saturated rings. The second kappa shape index (κ2) is 16.7. The van der Waals surface area contributed by atoms with E-state index in [9.17, 15) is 18.0 Å². The van der Waals surface area contributed by atoms with Gasteiger partial charge in [0.25, 0.3) is 10.0 Å². The monoisotopic (exact) mass is 655 g/mol. The molecule has 0 bridgehead atoms. The van der Waals surface area contributed by atoms with E-state index < -0.39 is 28.5 Å². The van der Waals surface area contributed by atoms with Crippen molar-refractivity contribution in [3.8, 4) is 23.0 Å². The zero-order valence-corrected chi connectivity index (χ0v) is 28.4. The molecule has 0 aliphatic heterocycles. The number of nitrogens with one attached hydrogen (secondary N) is 1. The van der Waals surface area contributed by atoms with Gasteiger partial charge in [-0.05, 0) is 80.8 Å². The minimum Gasteiger partial charge on any atom is -0.497 e. The minimum absolute atomic E-state index is 0.0722. The zero-order valence-electron chi connectivity index (χ0n) is 27.6. The summed E-state index contributed by atoms with van der Waals surface area (Å²) in [4.78, 5) is 29.2. The number of amides is 2. The maximum absolute atomic E-state index is 14.3. The Morgan fingerprint density at radius 1 is 0.804 bits per heavy atom. The number of hydrogen-bond donors (Lipinski definition) is 1. The van der Waals surface area contributed by atoms with Crippen LogP contribution in [0.4, 0.5) is 5.69 Å². The first-order valence-electron chi connectivity index (χ1n) is 15.2. The molecule has 0 aliphatic rings.